The molecule has 10 heteroatoms. The highest BCUT2D eigenvalue weighted by Crippen LogP contribution is 2.32. The van der Waals surface area contributed by atoms with E-state index >= 15 is 0 Å². The van der Waals surface area contributed by atoms with Crippen molar-refractivity contribution in [3.63, 3.8) is 0 Å². The Morgan fingerprint density at radius 2 is 1.58 bits per heavy atom. The molecule has 0 unspecified atom stereocenters. The van der Waals surface area contributed by atoms with Crippen LogP contribution < -0.4 is 4.83 Å². The van der Waals surface area contributed by atoms with Crippen LogP contribution in [0.2, 0.25) is 0 Å². The maximum absolute atomic E-state index is 14.0. The van der Waals surface area contributed by atoms with Gasteiger partial charge in [0.1, 0.15) is 5.82 Å². The summed E-state index contributed by atoms with van der Waals surface area (Å²) in [5.41, 5.74) is -1.97. The predicted molar refractivity (Wildman–Crippen MR) is 85.6 cm³/mol. The van der Waals surface area contributed by atoms with Crippen LogP contribution in [0.15, 0.2) is 65.6 Å². The monoisotopic (exact) mass is 385 g/mol. The van der Waals surface area contributed by atoms with Crippen molar-refractivity contribution < 1.29 is 26.0 Å². The second-order valence-corrected chi connectivity index (χ2v) is 6.87. The minimum Gasteiger partial charge on any atom is -0.206 e. The number of alkyl halides is 3. The molecule has 0 spiro atoms. The number of hydrogen-bond donors (Lipinski definition) is 1. The molecule has 1 N–H and O–H groups in total. The summed E-state index contributed by atoms with van der Waals surface area (Å²) in [5.74, 6) is -0.818. The third kappa shape index (κ3) is 3.54. The number of benzene rings is 2. The highest BCUT2D eigenvalue weighted by molar-refractivity contribution is 7.92. The zero-order chi connectivity index (χ0) is 18.9. The molecule has 0 saturated heterocycles. The molecule has 0 radical (unpaired) electrons. The predicted octanol–water partition coefficient (Wildman–Crippen LogP) is 3.64. The molecular weight excluding hydrogens is 374 g/mol. The molecule has 0 aliphatic carbocycles. The quantitative estimate of drug-likeness (QED) is 0.698. The summed E-state index contributed by atoms with van der Waals surface area (Å²) in [6.45, 7) is 0. The van der Waals surface area contributed by atoms with Gasteiger partial charge in [0.05, 0.1) is 10.6 Å². The first kappa shape index (κ1) is 17.9. The van der Waals surface area contributed by atoms with Crippen LogP contribution in [0, 0.1) is 5.82 Å². The van der Waals surface area contributed by atoms with Gasteiger partial charge in [0.2, 0.25) is 0 Å². The van der Waals surface area contributed by atoms with E-state index in [9.17, 15) is 26.0 Å². The van der Waals surface area contributed by atoms with E-state index in [1.165, 1.54) is 42.5 Å². The first-order valence-electron chi connectivity index (χ1n) is 7.18. The fraction of sp³-hybridized carbons (Fsp3) is 0.0625. The highest BCUT2D eigenvalue weighted by Gasteiger charge is 2.36. The van der Waals surface area contributed by atoms with E-state index in [4.69, 9.17) is 0 Å². The van der Waals surface area contributed by atoms with E-state index in [0.717, 1.165) is 6.07 Å². The Kier molecular flexibility index (Phi) is 4.45. The number of nitrogens with one attached hydrogen (secondary N) is 1. The number of hydrogen-bond acceptors (Lipinski definition) is 3. The summed E-state index contributed by atoms with van der Waals surface area (Å²) in [5, 5.41) is 3.24. The normalized spacial score (nSPS) is 12.2. The van der Waals surface area contributed by atoms with E-state index in [1.807, 2.05) is 4.83 Å². The summed E-state index contributed by atoms with van der Waals surface area (Å²) in [7, 11) is -4.23. The topological polar surface area (TPSA) is 64.0 Å². The van der Waals surface area contributed by atoms with Crippen LogP contribution >= 0.6 is 0 Å². The molecule has 0 aliphatic rings. The Morgan fingerprint density at radius 3 is 2.19 bits per heavy atom. The Hall–Kier alpha value is -2.88. The fourth-order valence-electron chi connectivity index (χ4n) is 2.22. The van der Waals surface area contributed by atoms with Gasteiger partial charge in [-0.25, -0.2) is 4.39 Å². The van der Waals surface area contributed by atoms with Gasteiger partial charge < -0.3 is 0 Å². The molecule has 2 aromatic carbocycles. The lowest BCUT2D eigenvalue weighted by atomic mass is 10.1. The lowest BCUT2D eigenvalue weighted by Gasteiger charge is -2.11. The number of nitrogens with zero attached hydrogens (tertiary/aromatic N) is 2. The first-order valence-corrected chi connectivity index (χ1v) is 8.67. The molecule has 3 rings (SSSR count). The van der Waals surface area contributed by atoms with Crippen LogP contribution in [0.3, 0.4) is 0 Å². The Morgan fingerprint density at radius 1 is 0.962 bits per heavy atom. The molecule has 1 aromatic heterocycles. The molecule has 0 fully saturated rings. The van der Waals surface area contributed by atoms with Gasteiger partial charge in [0, 0.05) is 5.56 Å². The number of rotatable bonds is 4. The number of sulfonamides is 1. The second kappa shape index (κ2) is 6.45. The summed E-state index contributed by atoms with van der Waals surface area (Å²) < 4.78 is 77.8. The van der Waals surface area contributed by atoms with Gasteiger partial charge >= 0.3 is 6.18 Å². The second-order valence-electron chi connectivity index (χ2n) is 5.21. The Bertz CT molecular complexity index is 1030. The van der Waals surface area contributed by atoms with Crippen LogP contribution in [0.25, 0.3) is 11.3 Å². The van der Waals surface area contributed by atoms with Crippen molar-refractivity contribution in [1.82, 2.24) is 9.89 Å². The molecular formula is C16H11F4N3O2S. The molecule has 0 atom stereocenters. The number of halogens is 4. The van der Waals surface area contributed by atoms with Gasteiger partial charge in [-0.2, -0.15) is 31.2 Å². The van der Waals surface area contributed by atoms with Crippen LogP contribution in [0.1, 0.15) is 5.69 Å². The standard InChI is InChI=1S/C16H11F4N3O2S/c17-13-9-5-4-8-12(13)14-10-15(16(18,19)20)21-23(14)22-26(24,25)11-6-2-1-3-7-11/h1-10,22H. The number of aromatic nitrogens is 2. The van der Waals surface area contributed by atoms with Crippen molar-refractivity contribution in [3.8, 4) is 11.3 Å². The van der Waals surface area contributed by atoms with Crippen LogP contribution in [0.5, 0.6) is 0 Å². The van der Waals surface area contributed by atoms with Crippen molar-refractivity contribution in [2.75, 3.05) is 4.83 Å². The van der Waals surface area contributed by atoms with E-state index in [0.29, 0.717) is 10.9 Å². The summed E-state index contributed by atoms with van der Waals surface area (Å²) in [4.78, 5) is 2.16. The zero-order valence-corrected chi connectivity index (χ0v) is 13.7. The first-order chi connectivity index (χ1) is 12.2. The molecule has 5 nitrogen and oxygen atoms in total. The third-order valence-corrected chi connectivity index (χ3v) is 4.72. The van der Waals surface area contributed by atoms with Crippen LogP contribution in [-0.2, 0) is 16.2 Å². The molecule has 0 aliphatic heterocycles. The maximum atomic E-state index is 14.0. The molecule has 26 heavy (non-hydrogen) atoms. The van der Waals surface area contributed by atoms with E-state index in [1.54, 1.807) is 6.07 Å². The lowest BCUT2D eigenvalue weighted by Crippen LogP contribution is -2.25. The average molecular weight is 385 g/mol. The van der Waals surface area contributed by atoms with E-state index < -0.39 is 27.7 Å². The van der Waals surface area contributed by atoms with E-state index in [2.05, 4.69) is 5.10 Å². The van der Waals surface area contributed by atoms with Crippen molar-refractivity contribution in [2.24, 2.45) is 0 Å². The molecule has 136 valence electrons. The molecule has 0 amide bonds. The van der Waals surface area contributed by atoms with Crippen LogP contribution in [-0.4, -0.2) is 18.3 Å². The molecule has 0 saturated carbocycles. The zero-order valence-electron chi connectivity index (χ0n) is 12.9. The van der Waals surface area contributed by atoms with E-state index in [-0.39, 0.29) is 16.2 Å². The largest absolute Gasteiger partial charge is 0.435 e. The van der Waals surface area contributed by atoms with Gasteiger partial charge in [-0.3, -0.25) is 0 Å². The van der Waals surface area contributed by atoms with Crippen molar-refractivity contribution in [2.45, 2.75) is 11.1 Å². The van der Waals surface area contributed by atoms with Crippen LogP contribution in [0.4, 0.5) is 17.6 Å². The third-order valence-electron chi connectivity index (χ3n) is 3.41. The smallest absolute Gasteiger partial charge is 0.206 e. The highest BCUT2D eigenvalue weighted by atomic mass is 32.2. The van der Waals surface area contributed by atoms with Gasteiger partial charge in [-0.1, -0.05) is 30.3 Å². The van der Waals surface area contributed by atoms with Gasteiger partial charge in [0.25, 0.3) is 10.0 Å². The Balaban J connectivity index is 2.12. The summed E-state index contributed by atoms with van der Waals surface area (Å²) >= 11 is 0. The summed E-state index contributed by atoms with van der Waals surface area (Å²) in [6, 6.07) is 12.6. The molecule has 3 aromatic rings. The van der Waals surface area contributed by atoms with Gasteiger partial charge in [-0.05, 0) is 30.3 Å². The summed E-state index contributed by atoms with van der Waals surface area (Å²) in [6.07, 6.45) is -4.83. The van der Waals surface area contributed by atoms with Crippen molar-refractivity contribution >= 4 is 10.0 Å². The molecule has 0 bridgehead atoms. The SMILES string of the molecule is O=S(=O)(Nn1nc(C(F)(F)F)cc1-c1ccccc1F)c1ccccc1. The maximum Gasteiger partial charge on any atom is 0.435 e. The van der Waals surface area contributed by atoms with Gasteiger partial charge in [-0.15, -0.1) is 5.10 Å². The Labute approximate surface area is 145 Å². The average Bonchev–Trinajstić information content (AvgIpc) is 2.99. The minimum absolute atomic E-state index is 0.177. The lowest BCUT2D eigenvalue weighted by molar-refractivity contribution is -0.141. The van der Waals surface area contributed by atoms with Gasteiger partial charge in [0.15, 0.2) is 5.69 Å². The van der Waals surface area contributed by atoms with Crippen molar-refractivity contribution in [1.29, 1.82) is 0 Å². The minimum atomic E-state index is -4.83. The molecule has 1 heterocycles. The van der Waals surface area contributed by atoms with Crippen molar-refractivity contribution in [3.05, 3.63) is 72.2 Å². The fourth-order valence-corrected chi connectivity index (χ4v) is 3.20.